The largest absolute Gasteiger partial charge is 0.481 e. The summed E-state index contributed by atoms with van der Waals surface area (Å²) >= 11 is 0. The van der Waals surface area contributed by atoms with E-state index in [1.54, 1.807) is 14.0 Å². The molecule has 1 aliphatic rings. The lowest BCUT2D eigenvalue weighted by Crippen LogP contribution is -2.25. The Hall–Kier alpha value is -2.56. The zero-order valence-corrected chi connectivity index (χ0v) is 14.6. The number of aromatic nitrogens is 1. The van der Waals surface area contributed by atoms with Gasteiger partial charge in [-0.3, -0.25) is 4.79 Å². The molecular formula is C19H23N3O2. The number of ether oxygens (including phenoxy) is 1. The third-order valence-electron chi connectivity index (χ3n) is 4.60. The van der Waals surface area contributed by atoms with Crippen LogP contribution in [0.5, 0.6) is 5.88 Å². The van der Waals surface area contributed by atoms with Crippen LogP contribution < -0.4 is 15.0 Å². The minimum Gasteiger partial charge on any atom is -0.481 e. The maximum absolute atomic E-state index is 11.7. The molecule has 0 radical (unpaired) electrons. The van der Waals surface area contributed by atoms with E-state index in [4.69, 9.17) is 4.74 Å². The predicted molar refractivity (Wildman–Crippen MR) is 95.8 cm³/mol. The summed E-state index contributed by atoms with van der Waals surface area (Å²) in [7, 11) is 1.63. The van der Waals surface area contributed by atoms with Gasteiger partial charge in [0.05, 0.1) is 7.11 Å². The average molecular weight is 325 g/mol. The van der Waals surface area contributed by atoms with Crippen LogP contribution in [0.4, 0.5) is 11.4 Å². The fraction of sp³-hybridized carbons (Fsp3) is 0.368. The molecule has 0 unspecified atom stereocenters. The van der Waals surface area contributed by atoms with E-state index in [-0.39, 0.29) is 5.91 Å². The summed E-state index contributed by atoms with van der Waals surface area (Å²) in [6.07, 6.45) is 0.886. The van der Waals surface area contributed by atoms with Gasteiger partial charge in [0.2, 0.25) is 11.8 Å². The molecule has 1 N–H and O–H groups in total. The van der Waals surface area contributed by atoms with Crippen LogP contribution in [0.2, 0.25) is 0 Å². The summed E-state index contributed by atoms with van der Waals surface area (Å²) in [5, 5.41) is 3.52. The van der Waals surface area contributed by atoms with Crippen molar-refractivity contribution in [3.63, 3.8) is 0 Å². The smallest absolute Gasteiger partial charge is 0.223 e. The van der Waals surface area contributed by atoms with Gasteiger partial charge in [0, 0.05) is 48.7 Å². The zero-order chi connectivity index (χ0) is 17.3. The van der Waals surface area contributed by atoms with Crippen molar-refractivity contribution in [1.29, 1.82) is 0 Å². The van der Waals surface area contributed by atoms with Crippen LogP contribution in [-0.2, 0) is 17.8 Å². The maximum Gasteiger partial charge on any atom is 0.223 e. The van der Waals surface area contributed by atoms with E-state index < -0.39 is 0 Å². The van der Waals surface area contributed by atoms with Gasteiger partial charge >= 0.3 is 0 Å². The molecule has 0 spiro atoms. The number of hydrogen-bond acceptors (Lipinski definition) is 4. The lowest BCUT2D eigenvalue weighted by atomic mass is 10.1. The summed E-state index contributed by atoms with van der Waals surface area (Å²) in [4.78, 5) is 18.0. The lowest BCUT2D eigenvalue weighted by molar-refractivity contribution is -0.116. The fourth-order valence-electron chi connectivity index (χ4n) is 3.31. The fourth-order valence-corrected chi connectivity index (χ4v) is 3.31. The highest BCUT2D eigenvalue weighted by Gasteiger charge is 2.24. The number of rotatable bonds is 4. The first-order chi connectivity index (χ1) is 11.5. The summed E-state index contributed by atoms with van der Waals surface area (Å²) in [6, 6.07) is 8.04. The molecule has 0 fully saturated rings. The second-order valence-corrected chi connectivity index (χ2v) is 6.12. The monoisotopic (exact) mass is 325 g/mol. The molecule has 0 bridgehead atoms. The van der Waals surface area contributed by atoms with Crippen LogP contribution in [0, 0.1) is 13.8 Å². The first-order valence-corrected chi connectivity index (χ1v) is 8.16. The van der Waals surface area contributed by atoms with E-state index in [2.05, 4.69) is 23.3 Å². The Kier molecular flexibility index (Phi) is 4.42. The minimum atomic E-state index is 0.0944. The van der Waals surface area contributed by atoms with Crippen LogP contribution in [0.25, 0.3) is 0 Å². The molecule has 1 aliphatic heterocycles. The number of nitrogens with one attached hydrogen (secondary N) is 1. The molecule has 1 amide bonds. The Balaban J connectivity index is 1.83. The molecule has 3 rings (SSSR count). The Labute approximate surface area is 142 Å². The van der Waals surface area contributed by atoms with Gasteiger partial charge in [0.1, 0.15) is 0 Å². The highest BCUT2D eigenvalue weighted by molar-refractivity contribution is 5.95. The lowest BCUT2D eigenvalue weighted by Gasteiger charge is -2.17. The van der Waals surface area contributed by atoms with E-state index in [0.717, 1.165) is 35.6 Å². The zero-order valence-electron chi connectivity index (χ0n) is 14.6. The molecule has 0 saturated heterocycles. The summed E-state index contributed by atoms with van der Waals surface area (Å²) in [5.74, 6) is 0.739. The second kappa shape index (κ2) is 6.51. The predicted octanol–water partition coefficient (Wildman–Crippen LogP) is 3.23. The molecule has 126 valence electrons. The summed E-state index contributed by atoms with van der Waals surface area (Å²) in [6.45, 7) is 7.14. The van der Waals surface area contributed by atoms with Crippen molar-refractivity contribution in [2.45, 2.75) is 33.7 Å². The molecule has 0 aliphatic carbocycles. The number of methoxy groups -OCH3 is 1. The van der Waals surface area contributed by atoms with E-state index >= 15 is 0 Å². The Bertz CT molecular complexity index is 763. The first kappa shape index (κ1) is 16.3. The average Bonchev–Trinajstić information content (AvgIpc) is 2.98. The van der Waals surface area contributed by atoms with Gasteiger partial charge in [0.15, 0.2) is 0 Å². The van der Waals surface area contributed by atoms with E-state index in [0.29, 0.717) is 12.4 Å². The highest BCUT2D eigenvalue weighted by Crippen LogP contribution is 2.34. The van der Waals surface area contributed by atoms with Gasteiger partial charge < -0.3 is 15.0 Å². The number of hydrogen-bond donors (Lipinski definition) is 1. The number of nitrogens with zero attached hydrogens (tertiary/aromatic N) is 2. The molecule has 0 atom stereocenters. The van der Waals surface area contributed by atoms with Crippen molar-refractivity contribution in [2.75, 3.05) is 23.9 Å². The minimum absolute atomic E-state index is 0.0944. The standard InChI is InChI=1S/C19H23N3O2/c1-12-10-19(24-4)21-13(2)16(12)11-20-17-6-5-7-18-15(17)8-9-22(18)14(3)23/h5-7,10,20H,8-9,11H2,1-4H3. The number of carbonyl (C=O) groups excluding carboxylic acids is 1. The highest BCUT2D eigenvalue weighted by atomic mass is 16.5. The van der Waals surface area contributed by atoms with Crippen molar-refractivity contribution in [3.05, 3.63) is 46.6 Å². The normalized spacial score (nSPS) is 12.9. The number of anilines is 2. The van der Waals surface area contributed by atoms with Gasteiger partial charge in [-0.2, -0.15) is 0 Å². The Morgan fingerprint density at radius 1 is 1.38 bits per heavy atom. The SMILES string of the molecule is COc1cc(C)c(CNc2cccc3c2CCN3C(C)=O)c(C)n1. The van der Waals surface area contributed by atoms with Crippen molar-refractivity contribution < 1.29 is 9.53 Å². The topological polar surface area (TPSA) is 54.5 Å². The van der Waals surface area contributed by atoms with E-state index in [1.807, 2.05) is 30.0 Å². The number of amides is 1. The Morgan fingerprint density at radius 2 is 2.17 bits per heavy atom. The molecule has 2 aromatic rings. The summed E-state index contributed by atoms with van der Waals surface area (Å²) < 4.78 is 5.22. The van der Waals surface area contributed by atoms with Crippen LogP contribution >= 0.6 is 0 Å². The van der Waals surface area contributed by atoms with Gasteiger partial charge in [-0.15, -0.1) is 0 Å². The van der Waals surface area contributed by atoms with E-state index in [1.165, 1.54) is 11.1 Å². The Morgan fingerprint density at radius 3 is 2.83 bits per heavy atom. The van der Waals surface area contributed by atoms with E-state index in [9.17, 15) is 4.79 Å². The van der Waals surface area contributed by atoms with Gasteiger partial charge in [0.25, 0.3) is 0 Å². The molecule has 1 aromatic carbocycles. The maximum atomic E-state index is 11.7. The van der Waals surface area contributed by atoms with Crippen molar-refractivity contribution in [3.8, 4) is 5.88 Å². The van der Waals surface area contributed by atoms with Crippen molar-refractivity contribution in [2.24, 2.45) is 0 Å². The molecular weight excluding hydrogens is 302 g/mol. The number of benzene rings is 1. The van der Waals surface area contributed by atoms with Crippen molar-refractivity contribution in [1.82, 2.24) is 4.98 Å². The quantitative estimate of drug-likeness (QED) is 0.938. The number of pyridine rings is 1. The van der Waals surface area contributed by atoms with Crippen LogP contribution in [0.15, 0.2) is 24.3 Å². The van der Waals surface area contributed by atoms with Gasteiger partial charge in [-0.1, -0.05) is 6.07 Å². The number of carbonyl (C=O) groups is 1. The van der Waals surface area contributed by atoms with Gasteiger partial charge in [-0.05, 0) is 43.5 Å². The number of fused-ring (bicyclic) bond motifs is 1. The second-order valence-electron chi connectivity index (χ2n) is 6.12. The number of aryl methyl sites for hydroxylation is 2. The molecule has 24 heavy (non-hydrogen) atoms. The van der Waals surface area contributed by atoms with Crippen LogP contribution in [0.1, 0.15) is 29.3 Å². The molecule has 0 saturated carbocycles. The van der Waals surface area contributed by atoms with Crippen LogP contribution in [-0.4, -0.2) is 24.5 Å². The molecule has 5 heteroatoms. The first-order valence-electron chi connectivity index (χ1n) is 8.16. The summed E-state index contributed by atoms with van der Waals surface area (Å²) in [5.41, 5.74) is 6.63. The van der Waals surface area contributed by atoms with Crippen LogP contribution in [0.3, 0.4) is 0 Å². The third kappa shape index (κ3) is 2.94. The molecule has 1 aromatic heterocycles. The molecule has 2 heterocycles. The molecule has 5 nitrogen and oxygen atoms in total. The van der Waals surface area contributed by atoms with Crippen molar-refractivity contribution >= 4 is 17.3 Å². The third-order valence-corrected chi connectivity index (χ3v) is 4.60. The van der Waals surface area contributed by atoms with Gasteiger partial charge in [-0.25, -0.2) is 4.98 Å².